The van der Waals surface area contributed by atoms with Crippen molar-refractivity contribution in [2.75, 3.05) is 39.4 Å². The summed E-state index contributed by atoms with van der Waals surface area (Å²) in [5.74, 6) is -0.236. The number of halogens is 3. The van der Waals surface area contributed by atoms with Gasteiger partial charge in [-0.3, -0.25) is 9.69 Å². The van der Waals surface area contributed by atoms with Gasteiger partial charge in [-0.2, -0.15) is 13.2 Å². The van der Waals surface area contributed by atoms with Crippen LogP contribution in [0.1, 0.15) is 5.76 Å². The first-order valence-corrected chi connectivity index (χ1v) is 6.61. The summed E-state index contributed by atoms with van der Waals surface area (Å²) in [6.07, 6.45) is -3.07. The first-order chi connectivity index (χ1) is 9.94. The number of morpholine rings is 1. The minimum atomic E-state index is -4.44. The highest BCUT2D eigenvalue weighted by Crippen LogP contribution is 2.18. The minimum Gasteiger partial charge on any atom is -0.467 e. The van der Waals surface area contributed by atoms with E-state index in [0.717, 1.165) is 4.90 Å². The van der Waals surface area contributed by atoms with Crippen LogP contribution in [0.4, 0.5) is 13.2 Å². The molecule has 1 aliphatic rings. The van der Waals surface area contributed by atoms with E-state index in [1.54, 1.807) is 17.0 Å². The molecule has 0 spiro atoms. The summed E-state index contributed by atoms with van der Waals surface area (Å²) in [6, 6.07) is 3.12. The van der Waals surface area contributed by atoms with E-state index in [9.17, 15) is 18.0 Å². The molecule has 0 bridgehead atoms. The van der Waals surface area contributed by atoms with Crippen molar-refractivity contribution in [2.24, 2.45) is 0 Å². The Bertz CT molecular complexity index is 442. The van der Waals surface area contributed by atoms with Crippen LogP contribution in [0, 0.1) is 0 Å². The lowest BCUT2D eigenvalue weighted by Crippen LogP contribution is -2.46. The summed E-state index contributed by atoms with van der Waals surface area (Å²) in [5.41, 5.74) is 0. The van der Waals surface area contributed by atoms with Crippen LogP contribution in [0.15, 0.2) is 22.8 Å². The number of ether oxygens (including phenoxy) is 1. The molecule has 1 saturated heterocycles. The molecule has 0 atom stereocenters. The van der Waals surface area contributed by atoms with Gasteiger partial charge in [0.05, 0.1) is 32.6 Å². The molecule has 0 radical (unpaired) electrons. The number of furan rings is 1. The highest BCUT2D eigenvalue weighted by atomic mass is 19.4. The van der Waals surface area contributed by atoms with Gasteiger partial charge in [0, 0.05) is 13.1 Å². The molecule has 8 heteroatoms. The monoisotopic (exact) mass is 306 g/mol. The SMILES string of the molecule is O=C(CN1CCOCC1)N(Cc1ccco1)CC(F)(F)F. The molecule has 0 N–H and O–H groups in total. The zero-order chi connectivity index (χ0) is 15.3. The molecule has 0 saturated carbocycles. The van der Waals surface area contributed by atoms with Crippen LogP contribution < -0.4 is 0 Å². The van der Waals surface area contributed by atoms with Crippen molar-refractivity contribution < 1.29 is 27.1 Å². The van der Waals surface area contributed by atoms with E-state index >= 15 is 0 Å². The number of alkyl halides is 3. The number of carbonyl (C=O) groups is 1. The third-order valence-corrected chi connectivity index (χ3v) is 3.11. The van der Waals surface area contributed by atoms with Crippen molar-refractivity contribution in [3.8, 4) is 0 Å². The number of rotatable bonds is 5. The molecule has 118 valence electrons. The molecule has 2 heterocycles. The van der Waals surface area contributed by atoms with Crippen LogP contribution >= 0.6 is 0 Å². The Morgan fingerprint density at radius 3 is 2.62 bits per heavy atom. The van der Waals surface area contributed by atoms with Crippen molar-refractivity contribution in [1.29, 1.82) is 0 Å². The molecule has 21 heavy (non-hydrogen) atoms. The quantitative estimate of drug-likeness (QED) is 0.827. The average Bonchev–Trinajstić information content (AvgIpc) is 2.90. The summed E-state index contributed by atoms with van der Waals surface area (Å²) >= 11 is 0. The van der Waals surface area contributed by atoms with Crippen LogP contribution in [0.5, 0.6) is 0 Å². The lowest BCUT2D eigenvalue weighted by Gasteiger charge is -2.29. The maximum atomic E-state index is 12.6. The fraction of sp³-hybridized carbons (Fsp3) is 0.615. The van der Waals surface area contributed by atoms with Gasteiger partial charge in [0.15, 0.2) is 0 Å². The number of hydrogen-bond donors (Lipinski definition) is 0. The summed E-state index contributed by atoms with van der Waals surface area (Å²) < 4.78 is 48.0. The van der Waals surface area contributed by atoms with E-state index in [1.165, 1.54) is 6.26 Å². The molecule has 1 aromatic heterocycles. The van der Waals surface area contributed by atoms with E-state index in [0.29, 0.717) is 32.1 Å². The predicted octanol–water partition coefficient (Wildman–Crippen LogP) is 1.50. The summed E-state index contributed by atoms with van der Waals surface area (Å²) in [6.45, 7) is 0.570. The molecule has 1 amide bonds. The van der Waals surface area contributed by atoms with Gasteiger partial charge in [0.1, 0.15) is 12.3 Å². The van der Waals surface area contributed by atoms with E-state index < -0.39 is 18.6 Å². The summed E-state index contributed by atoms with van der Waals surface area (Å²) in [4.78, 5) is 14.7. The van der Waals surface area contributed by atoms with Gasteiger partial charge in [-0.1, -0.05) is 0 Å². The lowest BCUT2D eigenvalue weighted by atomic mass is 10.3. The van der Waals surface area contributed by atoms with Crippen LogP contribution in [-0.2, 0) is 16.1 Å². The first-order valence-electron chi connectivity index (χ1n) is 6.61. The predicted molar refractivity (Wildman–Crippen MR) is 67.4 cm³/mol. The molecular weight excluding hydrogens is 289 g/mol. The van der Waals surface area contributed by atoms with Crippen LogP contribution in [0.25, 0.3) is 0 Å². The average molecular weight is 306 g/mol. The lowest BCUT2D eigenvalue weighted by molar-refractivity contribution is -0.164. The van der Waals surface area contributed by atoms with Gasteiger partial charge < -0.3 is 14.1 Å². The first kappa shape index (κ1) is 15.8. The largest absolute Gasteiger partial charge is 0.467 e. The van der Waals surface area contributed by atoms with Crippen molar-refractivity contribution in [2.45, 2.75) is 12.7 Å². The molecule has 0 unspecified atom stereocenters. The normalized spacial score (nSPS) is 16.9. The van der Waals surface area contributed by atoms with Gasteiger partial charge in [0.25, 0.3) is 0 Å². The van der Waals surface area contributed by atoms with Crippen molar-refractivity contribution >= 4 is 5.91 Å². The molecule has 0 aliphatic carbocycles. The fourth-order valence-electron chi connectivity index (χ4n) is 2.09. The second-order valence-corrected chi connectivity index (χ2v) is 4.83. The van der Waals surface area contributed by atoms with E-state index in [2.05, 4.69) is 0 Å². The van der Waals surface area contributed by atoms with Crippen LogP contribution in [0.2, 0.25) is 0 Å². The van der Waals surface area contributed by atoms with Crippen molar-refractivity contribution in [3.05, 3.63) is 24.2 Å². The van der Waals surface area contributed by atoms with E-state index in [-0.39, 0.29) is 13.1 Å². The zero-order valence-electron chi connectivity index (χ0n) is 11.4. The second kappa shape index (κ2) is 6.95. The van der Waals surface area contributed by atoms with Crippen LogP contribution in [0.3, 0.4) is 0 Å². The Morgan fingerprint density at radius 2 is 2.05 bits per heavy atom. The van der Waals surface area contributed by atoms with Gasteiger partial charge in [-0.15, -0.1) is 0 Å². The molecule has 0 aromatic carbocycles. The zero-order valence-corrected chi connectivity index (χ0v) is 11.4. The Hall–Kier alpha value is -1.54. The molecule has 1 fully saturated rings. The molecule has 1 aliphatic heterocycles. The molecular formula is C13H17F3N2O3. The summed E-state index contributed by atoms with van der Waals surface area (Å²) in [7, 11) is 0. The Balaban J connectivity index is 1.97. The third-order valence-electron chi connectivity index (χ3n) is 3.11. The number of hydrogen-bond acceptors (Lipinski definition) is 4. The smallest absolute Gasteiger partial charge is 0.406 e. The maximum Gasteiger partial charge on any atom is 0.406 e. The highest BCUT2D eigenvalue weighted by molar-refractivity contribution is 5.78. The topological polar surface area (TPSA) is 45.9 Å². The fourth-order valence-corrected chi connectivity index (χ4v) is 2.09. The van der Waals surface area contributed by atoms with Gasteiger partial charge in [0.2, 0.25) is 5.91 Å². The van der Waals surface area contributed by atoms with E-state index in [1.807, 2.05) is 0 Å². The number of amides is 1. The number of nitrogens with zero attached hydrogens (tertiary/aromatic N) is 2. The Kier molecular flexibility index (Phi) is 5.24. The summed E-state index contributed by atoms with van der Waals surface area (Å²) in [5, 5.41) is 0. The second-order valence-electron chi connectivity index (χ2n) is 4.83. The Labute approximate surface area is 120 Å². The van der Waals surface area contributed by atoms with E-state index in [4.69, 9.17) is 9.15 Å². The van der Waals surface area contributed by atoms with Gasteiger partial charge in [-0.25, -0.2) is 0 Å². The van der Waals surface area contributed by atoms with Crippen LogP contribution in [-0.4, -0.2) is 61.3 Å². The van der Waals surface area contributed by atoms with Gasteiger partial charge in [-0.05, 0) is 12.1 Å². The third kappa shape index (κ3) is 5.39. The highest BCUT2D eigenvalue weighted by Gasteiger charge is 2.33. The standard InChI is InChI=1S/C13H17F3N2O3/c14-13(15,16)10-18(8-11-2-1-5-21-11)12(19)9-17-3-6-20-7-4-17/h1-2,5H,3-4,6-10H2. The minimum absolute atomic E-state index is 0.0415. The van der Waals surface area contributed by atoms with Crippen molar-refractivity contribution in [1.82, 2.24) is 9.80 Å². The molecule has 5 nitrogen and oxygen atoms in total. The molecule has 1 aromatic rings. The maximum absolute atomic E-state index is 12.6. The Morgan fingerprint density at radius 1 is 1.33 bits per heavy atom. The number of carbonyl (C=O) groups excluding carboxylic acids is 1. The molecule has 2 rings (SSSR count). The van der Waals surface area contributed by atoms with Crippen molar-refractivity contribution in [3.63, 3.8) is 0 Å². The van der Waals surface area contributed by atoms with Gasteiger partial charge >= 0.3 is 6.18 Å².